The number of benzene rings is 1. The predicted octanol–water partition coefficient (Wildman–Crippen LogP) is 2.07. The van der Waals surface area contributed by atoms with Crippen molar-refractivity contribution in [3.05, 3.63) is 33.8 Å². The second-order valence-electron chi connectivity index (χ2n) is 5.07. The van der Waals surface area contributed by atoms with Gasteiger partial charge in [0.15, 0.2) is 9.84 Å². The van der Waals surface area contributed by atoms with E-state index < -0.39 is 21.8 Å². The van der Waals surface area contributed by atoms with Crippen LogP contribution in [0.3, 0.4) is 0 Å². The molecule has 1 N–H and O–H groups in total. The zero-order valence-electron chi connectivity index (χ0n) is 11.1. The van der Waals surface area contributed by atoms with E-state index in [-0.39, 0.29) is 17.9 Å². The molecule has 1 fully saturated rings. The lowest BCUT2D eigenvalue weighted by atomic mass is 10.1. The molecule has 1 heterocycles. The molecule has 8 heteroatoms. The average molecular weight is 352 g/mol. The van der Waals surface area contributed by atoms with Crippen LogP contribution in [0.1, 0.15) is 12.0 Å². The minimum atomic E-state index is -3.19. The number of nitrogens with zero attached hydrogens (tertiary/aromatic N) is 1. The highest BCUT2D eigenvalue weighted by atomic mass is 35.5. The van der Waals surface area contributed by atoms with Crippen molar-refractivity contribution in [2.75, 3.05) is 18.1 Å². The van der Waals surface area contributed by atoms with E-state index in [2.05, 4.69) is 0 Å². The largest absolute Gasteiger partial charge is 0.481 e. The van der Waals surface area contributed by atoms with Crippen molar-refractivity contribution in [2.45, 2.75) is 19.0 Å². The molecular weight excluding hydrogens is 337 g/mol. The summed E-state index contributed by atoms with van der Waals surface area (Å²) in [6.07, 6.45) is -0.211. The highest BCUT2D eigenvalue weighted by Crippen LogP contribution is 2.25. The summed E-state index contributed by atoms with van der Waals surface area (Å²) in [6, 6.07) is 4.51. The molecule has 1 saturated heterocycles. The Hall–Kier alpha value is -0.820. The SMILES string of the molecule is O=C(O)CC1CS(=O)(=O)CCN1Cc1cc(Cl)ccc1Cl. The fourth-order valence-electron chi connectivity index (χ4n) is 2.40. The number of aliphatic carboxylic acids is 1. The number of carbonyl (C=O) groups is 1. The van der Waals surface area contributed by atoms with E-state index in [1.54, 1.807) is 18.2 Å². The summed E-state index contributed by atoms with van der Waals surface area (Å²) in [6.45, 7) is 0.677. The number of sulfone groups is 1. The molecule has 1 atom stereocenters. The van der Waals surface area contributed by atoms with Gasteiger partial charge in [0.25, 0.3) is 0 Å². The lowest BCUT2D eigenvalue weighted by molar-refractivity contribution is -0.138. The average Bonchev–Trinajstić information content (AvgIpc) is 2.35. The van der Waals surface area contributed by atoms with Crippen molar-refractivity contribution in [2.24, 2.45) is 0 Å². The van der Waals surface area contributed by atoms with Crippen LogP contribution in [0.5, 0.6) is 0 Å². The van der Waals surface area contributed by atoms with E-state index >= 15 is 0 Å². The van der Waals surface area contributed by atoms with E-state index in [9.17, 15) is 13.2 Å². The molecule has 0 saturated carbocycles. The first-order valence-electron chi connectivity index (χ1n) is 6.37. The molecule has 1 aliphatic rings. The molecule has 116 valence electrons. The van der Waals surface area contributed by atoms with E-state index in [0.29, 0.717) is 23.1 Å². The number of halogens is 2. The maximum Gasteiger partial charge on any atom is 0.304 e. The molecule has 0 radical (unpaired) electrons. The molecule has 0 amide bonds. The molecule has 0 aliphatic carbocycles. The minimum Gasteiger partial charge on any atom is -0.481 e. The molecule has 0 spiro atoms. The predicted molar refractivity (Wildman–Crippen MR) is 81.6 cm³/mol. The van der Waals surface area contributed by atoms with Gasteiger partial charge in [-0.2, -0.15) is 0 Å². The van der Waals surface area contributed by atoms with Crippen LogP contribution in [0.15, 0.2) is 18.2 Å². The molecule has 5 nitrogen and oxygen atoms in total. The van der Waals surface area contributed by atoms with Crippen LogP contribution in [-0.2, 0) is 21.2 Å². The van der Waals surface area contributed by atoms with Gasteiger partial charge >= 0.3 is 5.97 Å². The third-order valence-corrected chi connectivity index (χ3v) is 5.74. The molecule has 21 heavy (non-hydrogen) atoms. The van der Waals surface area contributed by atoms with Crippen molar-refractivity contribution in [3.8, 4) is 0 Å². The van der Waals surface area contributed by atoms with Gasteiger partial charge < -0.3 is 5.11 Å². The summed E-state index contributed by atoms with van der Waals surface area (Å²) in [5.74, 6) is -1.13. The number of carboxylic acids is 1. The molecule has 1 aromatic rings. The Balaban J connectivity index is 2.20. The normalized spacial score (nSPS) is 22.1. The summed E-state index contributed by atoms with van der Waals surface area (Å²) in [5, 5.41) is 10.0. The Morgan fingerprint density at radius 1 is 1.38 bits per heavy atom. The first kappa shape index (κ1) is 16.5. The van der Waals surface area contributed by atoms with Gasteiger partial charge in [-0.1, -0.05) is 23.2 Å². The van der Waals surface area contributed by atoms with Gasteiger partial charge in [-0.25, -0.2) is 8.42 Å². The van der Waals surface area contributed by atoms with Crippen molar-refractivity contribution in [3.63, 3.8) is 0 Å². The second kappa shape index (κ2) is 6.52. The topological polar surface area (TPSA) is 74.7 Å². The maximum absolute atomic E-state index is 11.7. The minimum absolute atomic E-state index is 0.0291. The van der Waals surface area contributed by atoms with Gasteiger partial charge in [0.2, 0.25) is 0 Å². The number of hydrogen-bond acceptors (Lipinski definition) is 4. The van der Waals surface area contributed by atoms with Crippen LogP contribution in [0, 0.1) is 0 Å². The summed E-state index contributed by atoms with van der Waals surface area (Å²) >= 11 is 12.0. The first-order chi connectivity index (χ1) is 9.77. The van der Waals surface area contributed by atoms with Crippen molar-refractivity contribution in [1.29, 1.82) is 0 Å². The maximum atomic E-state index is 11.7. The summed E-state index contributed by atoms with van der Waals surface area (Å²) in [5.41, 5.74) is 0.763. The summed E-state index contributed by atoms with van der Waals surface area (Å²) < 4.78 is 23.4. The lowest BCUT2D eigenvalue weighted by Gasteiger charge is -2.34. The zero-order valence-corrected chi connectivity index (χ0v) is 13.5. The van der Waals surface area contributed by atoms with Crippen molar-refractivity contribution in [1.82, 2.24) is 4.90 Å². The number of rotatable bonds is 4. The van der Waals surface area contributed by atoms with Crippen molar-refractivity contribution < 1.29 is 18.3 Å². The fraction of sp³-hybridized carbons (Fsp3) is 0.462. The fourth-order valence-corrected chi connectivity index (χ4v) is 4.37. The van der Waals surface area contributed by atoms with Gasteiger partial charge in [-0.05, 0) is 23.8 Å². The highest BCUT2D eigenvalue weighted by Gasteiger charge is 2.32. The van der Waals surface area contributed by atoms with E-state index in [1.807, 2.05) is 4.90 Å². The van der Waals surface area contributed by atoms with Gasteiger partial charge in [0, 0.05) is 29.2 Å². The molecule has 1 aromatic carbocycles. The molecular formula is C13H15Cl2NO4S. The summed E-state index contributed by atoms with van der Waals surface area (Å²) in [7, 11) is -3.19. The Morgan fingerprint density at radius 2 is 2.10 bits per heavy atom. The molecule has 1 unspecified atom stereocenters. The van der Waals surface area contributed by atoms with Crippen LogP contribution < -0.4 is 0 Å². The van der Waals surface area contributed by atoms with E-state index in [1.165, 1.54) is 0 Å². The van der Waals surface area contributed by atoms with Crippen LogP contribution in [0.4, 0.5) is 0 Å². The quantitative estimate of drug-likeness (QED) is 0.898. The number of carboxylic acid groups (broad SMARTS) is 1. The first-order valence-corrected chi connectivity index (χ1v) is 8.95. The molecule has 0 bridgehead atoms. The Kier molecular flexibility index (Phi) is 5.14. The van der Waals surface area contributed by atoms with Gasteiger partial charge in [0.1, 0.15) is 0 Å². The van der Waals surface area contributed by atoms with Gasteiger partial charge in [-0.3, -0.25) is 9.69 Å². The summed E-state index contributed by atoms with van der Waals surface area (Å²) in [4.78, 5) is 12.8. The standard InChI is InChI=1S/C13H15Cl2NO4S/c14-10-1-2-12(15)9(5-10)7-16-3-4-21(19,20)8-11(16)6-13(17)18/h1-2,5,11H,3-4,6-8H2,(H,17,18). The third-order valence-electron chi connectivity index (χ3n) is 3.44. The monoisotopic (exact) mass is 351 g/mol. The van der Waals surface area contributed by atoms with Gasteiger partial charge in [-0.15, -0.1) is 0 Å². The van der Waals surface area contributed by atoms with E-state index in [0.717, 1.165) is 5.56 Å². The Labute approximate surface area is 133 Å². The smallest absolute Gasteiger partial charge is 0.304 e. The van der Waals surface area contributed by atoms with Crippen LogP contribution >= 0.6 is 23.2 Å². The Bertz CT molecular complexity index is 648. The molecule has 2 rings (SSSR count). The van der Waals surface area contributed by atoms with Gasteiger partial charge in [0.05, 0.1) is 17.9 Å². The Morgan fingerprint density at radius 3 is 2.76 bits per heavy atom. The molecule has 1 aliphatic heterocycles. The van der Waals surface area contributed by atoms with Crippen LogP contribution in [0.2, 0.25) is 10.0 Å². The zero-order chi connectivity index (χ0) is 15.6. The second-order valence-corrected chi connectivity index (χ2v) is 8.14. The lowest BCUT2D eigenvalue weighted by Crippen LogP contribution is -2.48. The van der Waals surface area contributed by atoms with Crippen molar-refractivity contribution >= 4 is 39.0 Å². The number of hydrogen-bond donors (Lipinski definition) is 1. The molecule has 0 aromatic heterocycles. The van der Waals surface area contributed by atoms with Crippen LogP contribution in [0.25, 0.3) is 0 Å². The third kappa shape index (κ3) is 4.57. The van der Waals surface area contributed by atoms with Crippen LogP contribution in [-0.4, -0.2) is 48.5 Å². The van der Waals surface area contributed by atoms with E-state index in [4.69, 9.17) is 28.3 Å². The highest BCUT2D eigenvalue weighted by molar-refractivity contribution is 7.91.